The van der Waals surface area contributed by atoms with Gasteiger partial charge >= 0.3 is 6.03 Å². The van der Waals surface area contributed by atoms with Crippen molar-refractivity contribution in [1.82, 2.24) is 4.31 Å². The molecule has 54 valence electrons. The van der Waals surface area contributed by atoms with Crippen molar-refractivity contribution in [2.24, 2.45) is 5.73 Å². The molecule has 0 atom stereocenters. The van der Waals surface area contributed by atoms with Gasteiger partial charge in [-0.15, -0.1) is 0 Å². The van der Waals surface area contributed by atoms with Gasteiger partial charge in [0, 0.05) is 12.8 Å². The van der Waals surface area contributed by atoms with Crippen molar-refractivity contribution in [3.05, 3.63) is 0 Å². The summed E-state index contributed by atoms with van der Waals surface area (Å²) in [5.41, 5.74) is 4.94. The number of hydrogen-bond donors (Lipinski definition) is 1. The summed E-state index contributed by atoms with van der Waals surface area (Å²) in [7, 11) is 1.67. The minimum atomic E-state index is -0.381. The van der Waals surface area contributed by atoms with Gasteiger partial charge in [-0.1, -0.05) is 6.92 Å². The average Bonchev–Trinajstić information content (AvgIpc) is 1.82. The Labute approximate surface area is 59.7 Å². The van der Waals surface area contributed by atoms with Crippen molar-refractivity contribution < 1.29 is 4.79 Å². The van der Waals surface area contributed by atoms with Gasteiger partial charge in [0.25, 0.3) is 0 Å². The van der Waals surface area contributed by atoms with E-state index in [2.05, 4.69) is 6.92 Å². The van der Waals surface area contributed by atoms with Gasteiger partial charge in [-0.25, -0.2) is 4.79 Å². The molecule has 0 aliphatic heterocycles. The summed E-state index contributed by atoms with van der Waals surface area (Å²) in [5, 5.41) is 0. The van der Waals surface area contributed by atoms with Gasteiger partial charge in [0.1, 0.15) is 0 Å². The molecule has 0 rings (SSSR count). The first-order valence-corrected chi connectivity index (χ1v) is 3.78. The Bertz CT molecular complexity index is 97.0. The number of nitrogens with two attached hydrogens (primary N) is 1. The molecule has 4 heteroatoms. The molecule has 9 heavy (non-hydrogen) atoms. The number of carbonyl (C=O) groups is 1. The van der Waals surface area contributed by atoms with Gasteiger partial charge in [-0.05, 0) is 18.4 Å². The summed E-state index contributed by atoms with van der Waals surface area (Å²) in [5.74, 6) is 0.944. The third-order valence-corrected chi connectivity index (χ3v) is 1.96. The molecule has 0 radical (unpaired) electrons. The predicted octanol–water partition coefficient (Wildman–Crippen LogP) is 1.06. The molecule has 0 aromatic heterocycles. The van der Waals surface area contributed by atoms with E-state index >= 15 is 0 Å². The Morgan fingerprint density at radius 1 is 1.78 bits per heavy atom. The second-order valence-corrected chi connectivity index (χ2v) is 2.88. The molecule has 2 N–H and O–H groups in total. The lowest BCUT2D eigenvalue weighted by Gasteiger charge is -2.10. The van der Waals surface area contributed by atoms with Crippen molar-refractivity contribution >= 4 is 18.0 Å². The van der Waals surface area contributed by atoms with E-state index in [9.17, 15) is 4.79 Å². The van der Waals surface area contributed by atoms with Crippen molar-refractivity contribution in [3.8, 4) is 0 Å². The number of rotatable bonds is 3. The molecule has 3 nitrogen and oxygen atoms in total. The van der Waals surface area contributed by atoms with Crippen LogP contribution >= 0.6 is 11.9 Å². The molecule has 0 saturated heterocycles. The molecule has 0 heterocycles. The first-order valence-electron chi connectivity index (χ1n) is 2.84. The third-order valence-electron chi connectivity index (χ3n) is 0.799. The van der Waals surface area contributed by atoms with E-state index in [1.54, 1.807) is 7.05 Å². The van der Waals surface area contributed by atoms with E-state index in [0.717, 1.165) is 12.2 Å². The van der Waals surface area contributed by atoms with Crippen LogP contribution in [0, 0.1) is 0 Å². The molecule has 0 spiro atoms. The molecule has 0 aliphatic carbocycles. The highest BCUT2D eigenvalue weighted by atomic mass is 32.2. The van der Waals surface area contributed by atoms with E-state index < -0.39 is 0 Å². The maximum absolute atomic E-state index is 10.3. The lowest BCUT2D eigenvalue weighted by atomic mass is 10.6. The second kappa shape index (κ2) is 4.49. The molecule has 0 aromatic rings. The molecule has 0 aromatic carbocycles. The van der Waals surface area contributed by atoms with E-state index in [0.29, 0.717) is 0 Å². The molecule has 2 amide bonds. The lowest BCUT2D eigenvalue weighted by Crippen LogP contribution is -2.26. The fraction of sp³-hybridized carbons (Fsp3) is 0.800. The van der Waals surface area contributed by atoms with Crippen LogP contribution in [0.3, 0.4) is 0 Å². The van der Waals surface area contributed by atoms with E-state index in [-0.39, 0.29) is 6.03 Å². The SMILES string of the molecule is CCCSN(C)C(N)=O. The summed E-state index contributed by atoms with van der Waals surface area (Å²) < 4.78 is 1.43. The molecular weight excluding hydrogens is 136 g/mol. The van der Waals surface area contributed by atoms with Gasteiger partial charge in [0.2, 0.25) is 0 Å². The zero-order valence-electron chi connectivity index (χ0n) is 5.76. The molecule has 0 bridgehead atoms. The monoisotopic (exact) mass is 148 g/mol. The summed E-state index contributed by atoms with van der Waals surface area (Å²) in [6, 6.07) is -0.381. The van der Waals surface area contributed by atoms with Gasteiger partial charge in [0.05, 0.1) is 0 Å². The van der Waals surface area contributed by atoms with Crippen LogP contribution in [0.2, 0.25) is 0 Å². The second-order valence-electron chi connectivity index (χ2n) is 1.67. The largest absolute Gasteiger partial charge is 0.351 e. The van der Waals surface area contributed by atoms with E-state index in [1.165, 1.54) is 16.3 Å². The summed E-state index contributed by atoms with van der Waals surface area (Å²) in [6.07, 6.45) is 1.06. The van der Waals surface area contributed by atoms with Crippen LogP contribution in [-0.2, 0) is 0 Å². The quantitative estimate of drug-likeness (QED) is 0.608. The highest BCUT2D eigenvalue weighted by molar-refractivity contribution is 7.97. The van der Waals surface area contributed by atoms with Crippen LogP contribution in [0.15, 0.2) is 0 Å². The first kappa shape index (κ1) is 8.62. The lowest BCUT2D eigenvalue weighted by molar-refractivity contribution is 0.239. The van der Waals surface area contributed by atoms with Crippen LogP contribution in [0.5, 0.6) is 0 Å². The highest BCUT2D eigenvalue weighted by Gasteiger charge is 2.00. The Kier molecular flexibility index (Phi) is 4.30. The first-order chi connectivity index (χ1) is 4.18. The number of carbonyl (C=O) groups excluding carboxylic acids is 1. The summed E-state index contributed by atoms with van der Waals surface area (Å²) >= 11 is 1.44. The van der Waals surface area contributed by atoms with Crippen LogP contribution in [0.1, 0.15) is 13.3 Å². The predicted molar refractivity (Wildman–Crippen MR) is 40.1 cm³/mol. The highest BCUT2D eigenvalue weighted by Crippen LogP contribution is 2.06. The standard InChI is InChI=1S/C5H12N2OS/c1-3-4-9-7(2)5(6)8/h3-4H2,1-2H3,(H2,6,8). The fourth-order valence-corrected chi connectivity index (χ4v) is 0.876. The molecule has 0 saturated carbocycles. The average molecular weight is 148 g/mol. The maximum Gasteiger partial charge on any atom is 0.324 e. The van der Waals surface area contributed by atoms with Crippen LogP contribution in [0.4, 0.5) is 4.79 Å². The number of urea groups is 1. The number of primary amides is 1. The van der Waals surface area contributed by atoms with Crippen molar-refractivity contribution in [2.75, 3.05) is 12.8 Å². The van der Waals surface area contributed by atoms with Crippen molar-refractivity contribution in [3.63, 3.8) is 0 Å². The summed E-state index contributed by atoms with van der Waals surface area (Å²) in [6.45, 7) is 2.06. The van der Waals surface area contributed by atoms with Crippen molar-refractivity contribution in [2.45, 2.75) is 13.3 Å². The fourth-order valence-electron chi connectivity index (χ4n) is 0.292. The molecule has 0 fully saturated rings. The van der Waals surface area contributed by atoms with Gasteiger partial charge in [-0.2, -0.15) is 0 Å². The molecule has 0 aliphatic rings. The topological polar surface area (TPSA) is 46.3 Å². The maximum atomic E-state index is 10.3. The Morgan fingerprint density at radius 2 is 2.33 bits per heavy atom. The zero-order chi connectivity index (χ0) is 7.28. The molecule has 0 unspecified atom stereocenters. The third kappa shape index (κ3) is 4.14. The number of hydrogen-bond acceptors (Lipinski definition) is 2. The Morgan fingerprint density at radius 3 is 2.67 bits per heavy atom. The van der Waals surface area contributed by atoms with Crippen LogP contribution in [-0.4, -0.2) is 23.1 Å². The normalized spacial score (nSPS) is 9.11. The van der Waals surface area contributed by atoms with Crippen LogP contribution < -0.4 is 5.73 Å². The van der Waals surface area contributed by atoms with Gasteiger partial charge in [0.15, 0.2) is 0 Å². The minimum absolute atomic E-state index is 0.381. The Balaban J connectivity index is 3.27. The van der Waals surface area contributed by atoms with Gasteiger partial charge in [-0.3, -0.25) is 4.31 Å². The van der Waals surface area contributed by atoms with Crippen LogP contribution in [0.25, 0.3) is 0 Å². The number of nitrogens with zero attached hydrogens (tertiary/aromatic N) is 1. The molecular formula is C5H12N2OS. The minimum Gasteiger partial charge on any atom is -0.351 e. The van der Waals surface area contributed by atoms with Crippen molar-refractivity contribution in [1.29, 1.82) is 0 Å². The summed E-state index contributed by atoms with van der Waals surface area (Å²) in [4.78, 5) is 10.3. The van der Waals surface area contributed by atoms with Gasteiger partial charge < -0.3 is 5.73 Å². The van der Waals surface area contributed by atoms with E-state index in [1.807, 2.05) is 0 Å². The number of amides is 2. The van der Waals surface area contributed by atoms with E-state index in [4.69, 9.17) is 5.73 Å². The zero-order valence-corrected chi connectivity index (χ0v) is 6.57. The Hall–Kier alpha value is -0.380. The smallest absolute Gasteiger partial charge is 0.324 e.